The van der Waals surface area contributed by atoms with Crippen molar-refractivity contribution >= 4 is 11.5 Å². The first kappa shape index (κ1) is 16.2. The van der Waals surface area contributed by atoms with E-state index in [0.717, 1.165) is 17.8 Å². The summed E-state index contributed by atoms with van der Waals surface area (Å²) in [5.74, 6) is 0.973. The molecule has 0 amide bonds. The number of likely N-dealkylation sites (N-methyl/N-ethyl adjacent to an activating group) is 1. The number of hydrogen-bond acceptors (Lipinski definition) is 5. The van der Waals surface area contributed by atoms with Gasteiger partial charge in [-0.15, -0.1) is 0 Å². The molecule has 6 nitrogen and oxygen atoms in total. The molecule has 0 aromatic heterocycles. The molecule has 0 bridgehead atoms. The molecule has 20 heavy (non-hydrogen) atoms. The molecule has 0 aromatic rings. The average Bonchev–Trinajstić information content (AvgIpc) is 2.82. The fourth-order valence-electron chi connectivity index (χ4n) is 1.85. The molecule has 1 unspecified atom stereocenters. The molecule has 2 N–H and O–H groups in total. The van der Waals surface area contributed by atoms with Gasteiger partial charge in [-0.05, 0) is 20.3 Å². The zero-order chi connectivity index (χ0) is 15.1. The molecule has 0 radical (unpaired) electrons. The molecule has 0 saturated heterocycles. The lowest BCUT2D eigenvalue weighted by atomic mass is 10.2. The van der Waals surface area contributed by atoms with Crippen LogP contribution >= 0.6 is 0 Å². The van der Waals surface area contributed by atoms with Crippen molar-refractivity contribution in [3.63, 3.8) is 0 Å². The lowest BCUT2D eigenvalue weighted by Gasteiger charge is -2.25. The van der Waals surface area contributed by atoms with Crippen LogP contribution in [0.2, 0.25) is 0 Å². The summed E-state index contributed by atoms with van der Waals surface area (Å²) in [6.45, 7) is 9.57. The molecule has 1 aliphatic rings. The van der Waals surface area contributed by atoms with Gasteiger partial charge >= 0.3 is 0 Å². The Morgan fingerprint density at radius 1 is 1.70 bits per heavy atom. The second-order valence-corrected chi connectivity index (χ2v) is 4.75. The molecule has 1 atom stereocenters. The van der Waals surface area contributed by atoms with Gasteiger partial charge in [-0.25, -0.2) is 4.99 Å². The third-order valence-electron chi connectivity index (χ3n) is 2.90. The van der Waals surface area contributed by atoms with Gasteiger partial charge in [0.15, 0.2) is 0 Å². The first-order valence-electron chi connectivity index (χ1n) is 6.71. The number of nitrogens with zero attached hydrogens (tertiary/aromatic N) is 3. The first-order valence-corrected chi connectivity index (χ1v) is 6.71. The molecule has 6 heteroatoms. The van der Waals surface area contributed by atoms with Crippen LogP contribution in [-0.2, 0) is 4.84 Å². The highest BCUT2D eigenvalue weighted by Crippen LogP contribution is 2.14. The molecule has 0 spiro atoms. The van der Waals surface area contributed by atoms with Crippen LogP contribution in [0.1, 0.15) is 33.6 Å². The standard InChI is InChI=1S/C14H24N4O2/c1-6-7-10(2)15-12(4)16-13(9-19)18(5)14-8-11(3)17-20-14/h7,14-15,19H,4,6,8-9H2,1-3,5H3/b10-7+,16-13-. The van der Waals surface area contributed by atoms with E-state index in [9.17, 15) is 5.11 Å². The molecule has 1 aliphatic heterocycles. The zero-order valence-electron chi connectivity index (χ0n) is 12.7. The van der Waals surface area contributed by atoms with E-state index in [1.807, 2.05) is 27.0 Å². The predicted octanol–water partition coefficient (Wildman–Crippen LogP) is 1.81. The van der Waals surface area contributed by atoms with E-state index < -0.39 is 0 Å². The van der Waals surface area contributed by atoms with Gasteiger partial charge in [-0.1, -0.05) is 24.7 Å². The third-order valence-corrected chi connectivity index (χ3v) is 2.90. The minimum atomic E-state index is -0.221. The number of aliphatic hydroxyl groups excluding tert-OH is 1. The second-order valence-electron chi connectivity index (χ2n) is 4.75. The SMILES string of the molecule is C=C(/N=C(/CO)N(C)C1CC(C)=NO1)N/C(C)=C/CC. The summed E-state index contributed by atoms with van der Waals surface area (Å²) in [6, 6.07) is 0. The quantitative estimate of drug-likeness (QED) is 0.575. The van der Waals surface area contributed by atoms with Gasteiger partial charge in [0.2, 0.25) is 6.23 Å². The maximum atomic E-state index is 9.46. The van der Waals surface area contributed by atoms with E-state index in [4.69, 9.17) is 4.84 Å². The van der Waals surface area contributed by atoms with Gasteiger partial charge in [-0.3, -0.25) is 0 Å². The maximum absolute atomic E-state index is 9.46. The Balaban J connectivity index is 2.67. The van der Waals surface area contributed by atoms with Crippen LogP contribution in [0.4, 0.5) is 0 Å². The number of aliphatic hydroxyl groups is 1. The molecular weight excluding hydrogens is 256 g/mol. The van der Waals surface area contributed by atoms with Crippen molar-refractivity contribution in [1.29, 1.82) is 0 Å². The van der Waals surface area contributed by atoms with Crippen molar-refractivity contribution in [3.05, 3.63) is 24.2 Å². The van der Waals surface area contributed by atoms with E-state index >= 15 is 0 Å². The summed E-state index contributed by atoms with van der Waals surface area (Å²) in [5.41, 5.74) is 1.91. The molecule has 0 saturated carbocycles. The van der Waals surface area contributed by atoms with Gasteiger partial charge in [0.1, 0.15) is 18.3 Å². The van der Waals surface area contributed by atoms with E-state index in [2.05, 4.69) is 29.0 Å². The normalized spacial score (nSPS) is 19.4. The topological polar surface area (TPSA) is 69.5 Å². The van der Waals surface area contributed by atoms with Crippen LogP contribution in [0.25, 0.3) is 0 Å². The Hall–Kier alpha value is -1.82. The first-order chi connectivity index (χ1) is 9.47. The highest BCUT2D eigenvalue weighted by molar-refractivity contribution is 5.86. The minimum Gasteiger partial charge on any atom is -0.388 e. The highest BCUT2D eigenvalue weighted by Gasteiger charge is 2.24. The minimum absolute atomic E-state index is 0.188. The summed E-state index contributed by atoms with van der Waals surface area (Å²) in [7, 11) is 1.82. The van der Waals surface area contributed by atoms with Crippen molar-refractivity contribution in [3.8, 4) is 0 Å². The molecule has 0 aromatic carbocycles. The van der Waals surface area contributed by atoms with E-state index in [0.29, 0.717) is 18.1 Å². The van der Waals surface area contributed by atoms with Crippen molar-refractivity contribution in [1.82, 2.24) is 10.2 Å². The number of hydrogen-bond donors (Lipinski definition) is 2. The summed E-state index contributed by atoms with van der Waals surface area (Å²) in [6.07, 6.45) is 3.46. The smallest absolute Gasteiger partial charge is 0.206 e. The molecule has 1 rings (SSSR count). The van der Waals surface area contributed by atoms with E-state index in [1.165, 1.54) is 0 Å². The van der Waals surface area contributed by atoms with Gasteiger partial charge in [-0.2, -0.15) is 0 Å². The Bertz CT molecular complexity index is 440. The monoisotopic (exact) mass is 280 g/mol. The van der Waals surface area contributed by atoms with Crippen LogP contribution in [0.3, 0.4) is 0 Å². The third kappa shape index (κ3) is 4.70. The Labute approximate surface area is 120 Å². The predicted molar refractivity (Wildman–Crippen MR) is 81.2 cm³/mol. The van der Waals surface area contributed by atoms with Crippen molar-refractivity contribution in [2.45, 2.75) is 39.8 Å². The van der Waals surface area contributed by atoms with Gasteiger partial charge < -0.3 is 20.2 Å². The molecule has 0 aliphatic carbocycles. The fraction of sp³-hybridized carbons (Fsp3) is 0.571. The Kier molecular flexibility index (Phi) is 6.24. The van der Waals surface area contributed by atoms with Gasteiger partial charge in [0.25, 0.3) is 0 Å². The number of aliphatic imine (C=N–C) groups is 1. The van der Waals surface area contributed by atoms with Crippen LogP contribution in [-0.4, -0.2) is 41.4 Å². The number of nitrogens with one attached hydrogen (secondary N) is 1. The maximum Gasteiger partial charge on any atom is 0.206 e. The van der Waals surface area contributed by atoms with Crippen LogP contribution in [0, 0.1) is 0 Å². The summed E-state index contributed by atoms with van der Waals surface area (Å²) in [5, 5.41) is 16.4. The number of oxime groups is 1. The highest BCUT2D eigenvalue weighted by atomic mass is 16.7. The number of amidine groups is 1. The van der Waals surface area contributed by atoms with Crippen LogP contribution in [0.5, 0.6) is 0 Å². The number of rotatable bonds is 6. The fourth-order valence-corrected chi connectivity index (χ4v) is 1.85. The van der Waals surface area contributed by atoms with Crippen molar-refractivity contribution in [2.24, 2.45) is 10.1 Å². The lowest BCUT2D eigenvalue weighted by Crippen LogP contribution is -2.39. The Morgan fingerprint density at radius 2 is 2.40 bits per heavy atom. The molecular formula is C14H24N4O2. The summed E-state index contributed by atoms with van der Waals surface area (Å²) < 4.78 is 0. The van der Waals surface area contributed by atoms with E-state index in [1.54, 1.807) is 4.90 Å². The molecule has 112 valence electrons. The summed E-state index contributed by atoms with van der Waals surface area (Å²) in [4.78, 5) is 11.3. The van der Waals surface area contributed by atoms with E-state index in [-0.39, 0.29) is 12.8 Å². The van der Waals surface area contributed by atoms with Crippen LogP contribution < -0.4 is 5.32 Å². The summed E-state index contributed by atoms with van der Waals surface area (Å²) >= 11 is 0. The van der Waals surface area contributed by atoms with Crippen LogP contribution in [0.15, 0.2) is 34.3 Å². The van der Waals surface area contributed by atoms with Gasteiger partial charge in [0, 0.05) is 19.2 Å². The zero-order valence-corrected chi connectivity index (χ0v) is 12.7. The number of allylic oxidation sites excluding steroid dienone is 2. The van der Waals surface area contributed by atoms with Gasteiger partial charge in [0.05, 0.1) is 5.71 Å². The molecule has 1 heterocycles. The lowest BCUT2D eigenvalue weighted by molar-refractivity contribution is 0.00831. The van der Waals surface area contributed by atoms with Crippen molar-refractivity contribution in [2.75, 3.05) is 13.7 Å². The average molecular weight is 280 g/mol. The largest absolute Gasteiger partial charge is 0.388 e. The van der Waals surface area contributed by atoms with Crippen molar-refractivity contribution < 1.29 is 9.94 Å². The second kappa shape index (κ2) is 7.69. The Morgan fingerprint density at radius 3 is 2.90 bits per heavy atom. The molecule has 0 fully saturated rings.